The summed E-state index contributed by atoms with van der Waals surface area (Å²) in [6.45, 7) is 0. The van der Waals surface area contributed by atoms with Gasteiger partial charge < -0.3 is 5.11 Å². The molecule has 0 aliphatic carbocycles. The molecule has 3 aromatic carbocycles. The lowest BCUT2D eigenvalue weighted by atomic mass is 9.94. The number of hydrogen-bond acceptors (Lipinski definition) is 1. The van der Waals surface area contributed by atoms with Crippen molar-refractivity contribution in [3.8, 4) is 0 Å². The van der Waals surface area contributed by atoms with Gasteiger partial charge in [-0.05, 0) is 39.6 Å². The number of rotatable bonds is 3. The van der Waals surface area contributed by atoms with Crippen LogP contribution in [-0.4, -0.2) is 11.1 Å². The molecule has 2 nitrogen and oxygen atoms in total. The summed E-state index contributed by atoms with van der Waals surface area (Å²) in [5, 5.41) is 12.9. The first-order valence-electron chi connectivity index (χ1n) is 7.12. The minimum Gasteiger partial charge on any atom is -0.481 e. The fourth-order valence-electron chi connectivity index (χ4n) is 2.46. The number of benzene rings is 3. The van der Waals surface area contributed by atoms with Gasteiger partial charge in [0.1, 0.15) is 0 Å². The Morgan fingerprint density at radius 1 is 1.00 bits per heavy atom. The fraction of sp³-hybridized carbons (Fsp3) is 0.118. The minimum absolute atomic E-state index is 0.149. The van der Waals surface area contributed by atoms with Gasteiger partial charge >= 0.3 is 5.97 Å². The molecule has 0 fully saturated rings. The summed E-state index contributed by atoms with van der Waals surface area (Å²) >= 11 is 0. The summed E-state index contributed by atoms with van der Waals surface area (Å²) < 4.78 is 15.5. The Labute approximate surface area is 114 Å². The third-order valence-corrected chi connectivity index (χ3v) is 3.30. The highest BCUT2D eigenvalue weighted by Gasteiger charge is 2.08. The quantitative estimate of drug-likeness (QED) is 0.715. The molecule has 1 N–H and O–H groups in total. The first kappa shape index (κ1) is 9.56. The molecule has 0 saturated carbocycles. The molecule has 0 atom stereocenters. The van der Waals surface area contributed by atoms with E-state index in [4.69, 9.17) is 7.85 Å². The molecule has 0 aliphatic rings. The lowest BCUT2D eigenvalue weighted by Gasteiger charge is -2.10. The van der Waals surface area contributed by atoms with E-state index in [0.29, 0.717) is 0 Å². The van der Waals surface area contributed by atoms with Crippen LogP contribution in [-0.2, 0) is 11.2 Å². The zero-order valence-electron chi connectivity index (χ0n) is 12.3. The van der Waals surface area contributed by atoms with Crippen molar-refractivity contribution in [2.75, 3.05) is 0 Å². The molecule has 2 heteroatoms. The fourth-order valence-corrected chi connectivity index (χ4v) is 2.46. The van der Waals surface area contributed by atoms with Gasteiger partial charge in [0.2, 0.25) is 0 Å². The van der Waals surface area contributed by atoms with E-state index < -0.39 is 12.3 Å². The Balaban J connectivity index is 2.33. The van der Waals surface area contributed by atoms with Crippen LogP contribution in [0.4, 0.5) is 0 Å². The maximum atomic E-state index is 11.1. The highest BCUT2D eigenvalue weighted by molar-refractivity contribution is 6.02. The molecule has 3 aromatic rings. The van der Waals surface area contributed by atoms with E-state index in [1.54, 1.807) is 0 Å². The molecular formula is C17H14O2. The van der Waals surface area contributed by atoms with Crippen molar-refractivity contribution in [3.63, 3.8) is 0 Å². The second kappa shape index (κ2) is 4.73. The van der Waals surface area contributed by atoms with Gasteiger partial charge in [-0.15, -0.1) is 0 Å². The first-order valence-corrected chi connectivity index (χ1v) is 6.12. The van der Waals surface area contributed by atoms with Crippen molar-refractivity contribution in [2.24, 2.45) is 0 Å². The zero-order chi connectivity index (χ0) is 15.0. The third-order valence-electron chi connectivity index (χ3n) is 3.30. The number of fused-ring (bicyclic) bond motifs is 2. The van der Waals surface area contributed by atoms with Crippen molar-refractivity contribution >= 4 is 27.5 Å². The summed E-state index contributed by atoms with van der Waals surface area (Å²) in [7, 11) is 0. The van der Waals surface area contributed by atoms with Crippen molar-refractivity contribution in [3.05, 3.63) is 60.2 Å². The topological polar surface area (TPSA) is 37.3 Å². The monoisotopic (exact) mass is 252 g/mol. The molecule has 3 rings (SSSR count). The molecule has 0 heterocycles. The van der Waals surface area contributed by atoms with Crippen molar-refractivity contribution in [2.45, 2.75) is 12.8 Å². The molecular weight excluding hydrogens is 236 g/mol. The molecule has 19 heavy (non-hydrogen) atoms. The van der Waals surface area contributed by atoms with Crippen LogP contribution in [0.1, 0.15) is 14.7 Å². The largest absolute Gasteiger partial charge is 0.481 e. The van der Waals surface area contributed by atoms with Gasteiger partial charge in [0.05, 0.1) is 0 Å². The normalized spacial score (nSPS) is 13.3. The van der Waals surface area contributed by atoms with E-state index in [9.17, 15) is 4.79 Å². The Kier molecular flexibility index (Phi) is 2.38. The number of carbonyl (C=O) groups is 1. The molecule has 0 aromatic heterocycles. The zero-order valence-corrected chi connectivity index (χ0v) is 10.3. The first-order chi connectivity index (χ1) is 9.99. The number of carboxylic acid groups (broad SMARTS) is 1. The maximum Gasteiger partial charge on any atom is 0.303 e. The number of hydrogen-bond donors (Lipinski definition) is 1. The lowest BCUT2D eigenvalue weighted by Crippen LogP contribution is -1.99. The summed E-state index contributed by atoms with van der Waals surface area (Å²) in [4.78, 5) is 11.1. The van der Waals surface area contributed by atoms with Crippen LogP contribution in [0.25, 0.3) is 21.5 Å². The summed E-state index contributed by atoms with van der Waals surface area (Å²) in [5.41, 5.74) is 0.746. The summed E-state index contributed by atoms with van der Waals surface area (Å²) in [5.74, 6) is -1.43. The molecule has 0 spiro atoms. The standard InChI is InChI=1S/C17H14O2/c18-17(19)10-9-16-14-7-3-1-5-12(14)11-13-6-2-4-8-15(13)16/h1-8,11H,9-10H2,(H,18,19)/i10D2. The van der Waals surface area contributed by atoms with E-state index >= 15 is 0 Å². The van der Waals surface area contributed by atoms with Crippen molar-refractivity contribution < 1.29 is 12.6 Å². The molecule has 94 valence electrons. The van der Waals surface area contributed by atoms with E-state index in [2.05, 4.69) is 0 Å². The van der Waals surface area contributed by atoms with Gasteiger partial charge in [-0.3, -0.25) is 4.79 Å². The van der Waals surface area contributed by atoms with Crippen molar-refractivity contribution in [1.82, 2.24) is 0 Å². The predicted molar refractivity (Wildman–Crippen MR) is 77.4 cm³/mol. The molecule has 0 amide bonds. The van der Waals surface area contributed by atoms with Gasteiger partial charge in [-0.1, -0.05) is 48.5 Å². The van der Waals surface area contributed by atoms with E-state index in [1.165, 1.54) is 0 Å². The van der Waals surface area contributed by atoms with Crippen LogP contribution >= 0.6 is 0 Å². The van der Waals surface area contributed by atoms with Gasteiger partial charge in [-0.2, -0.15) is 0 Å². The minimum atomic E-state index is -2.28. The smallest absolute Gasteiger partial charge is 0.303 e. The molecule has 0 saturated heterocycles. The molecule has 0 unspecified atom stereocenters. The molecule has 0 bridgehead atoms. The second-order valence-electron chi connectivity index (χ2n) is 4.46. The van der Waals surface area contributed by atoms with Crippen LogP contribution in [0.3, 0.4) is 0 Å². The van der Waals surface area contributed by atoms with Gasteiger partial charge in [0.15, 0.2) is 0 Å². The van der Waals surface area contributed by atoms with E-state index in [-0.39, 0.29) is 6.42 Å². The highest BCUT2D eigenvalue weighted by Crippen LogP contribution is 2.29. The van der Waals surface area contributed by atoms with Crippen LogP contribution < -0.4 is 0 Å². The van der Waals surface area contributed by atoms with E-state index in [1.807, 2.05) is 54.6 Å². The number of carboxylic acids is 1. The van der Waals surface area contributed by atoms with Crippen molar-refractivity contribution in [1.29, 1.82) is 0 Å². The van der Waals surface area contributed by atoms with Crippen LogP contribution in [0.2, 0.25) is 0 Å². The SMILES string of the molecule is [2H]C([2H])(Cc1c2ccccc2cc2ccccc12)C(=O)O. The van der Waals surface area contributed by atoms with Gasteiger partial charge in [0, 0.05) is 9.11 Å². The highest BCUT2D eigenvalue weighted by atomic mass is 16.4. The number of aliphatic carboxylic acids is 1. The van der Waals surface area contributed by atoms with Crippen LogP contribution in [0.15, 0.2) is 54.6 Å². The van der Waals surface area contributed by atoms with E-state index in [0.717, 1.165) is 27.1 Å². The molecule has 0 radical (unpaired) electrons. The van der Waals surface area contributed by atoms with Gasteiger partial charge in [0.25, 0.3) is 0 Å². The maximum absolute atomic E-state index is 11.1. The van der Waals surface area contributed by atoms with Crippen LogP contribution in [0.5, 0.6) is 0 Å². The Morgan fingerprint density at radius 2 is 1.53 bits per heavy atom. The number of aryl methyl sites for hydroxylation is 1. The lowest BCUT2D eigenvalue weighted by molar-refractivity contribution is -0.136. The Hall–Kier alpha value is -2.35. The predicted octanol–water partition coefficient (Wildman–Crippen LogP) is 4.01. The molecule has 0 aliphatic heterocycles. The Morgan fingerprint density at radius 3 is 2.05 bits per heavy atom. The Bertz CT molecular complexity index is 786. The van der Waals surface area contributed by atoms with Crippen LogP contribution in [0, 0.1) is 0 Å². The second-order valence-corrected chi connectivity index (χ2v) is 4.46. The average molecular weight is 252 g/mol. The average Bonchev–Trinajstić information content (AvgIpc) is 2.46. The van der Waals surface area contributed by atoms with Gasteiger partial charge in [-0.25, -0.2) is 0 Å². The third kappa shape index (κ3) is 2.17. The summed E-state index contributed by atoms with van der Waals surface area (Å²) in [6.07, 6.45) is -2.43. The summed E-state index contributed by atoms with van der Waals surface area (Å²) in [6, 6.07) is 17.4.